The van der Waals surface area contributed by atoms with E-state index < -0.39 is 10.9 Å². The van der Waals surface area contributed by atoms with Gasteiger partial charge >= 0.3 is 5.97 Å². The molecule has 0 saturated heterocycles. The lowest BCUT2D eigenvalue weighted by atomic mass is 9.97. The van der Waals surface area contributed by atoms with Crippen LogP contribution in [-0.4, -0.2) is 38.9 Å². The van der Waals surface area contributed by atoms with Crippen LogP contribution in [-0.2, 0) is 12.8 Å². The zero-order valence-electron chi connectivity index (χ0n) is 21.6. The van der Waals surface area contributed by atoms with Crippen LogP contribution in [0.2, 0.25) is 0 Å². The normalized spacial score (nSPS) is 11.2. The summed E-state index contributed by atoms with van der Waals surface area (Å²) in [6, 6.07) is 30.9. The molecule has 4 aromatic carbocycles. The Morgan fingerprint density at radius 1 is 0.875 bits per heavy atom. The Bertz CT molecular complexity index is 1590. The fourth-order valence-electron chi connectivity index (χ4n) is 5.21. The van der Waals surface area contributed by atoms with E-state index >= 15 is 0 Å². The number of nitro groups is 1. The first-order chi connectivity index (χ1) is 19.5. The van der Waals surface area contributed by atoms with Crippen LogP contribution in [0, 0.1) is 10.1 Å². The number of ether oxygens (including phenoxy) is 1. The number of benzene rings is 4. The second kappa shape index (κ2) is 11.8. The van der Waals surface area contributed by atoms with Gasteiger partial charge in [-0.3, -0.25) is 10.1 Å². The smallest absolute Gasteiger partial charge is 0.335 e. The second-order valence-corrected chi connectivity index (χ2v) is 9.38. The zero-order valence-corrected chi connectivity index (χ0v) is 21.6. The third-order valence-electron chi connectivity index (χ3n) is 6.97. The fraction of sp³-hybridized carbons (Fsp3) is 0.156. The van der Waals surface area contributed by atoms with Crippen LogP contribution < -0.4 is 4.74 Å². The molecule has 0 saturated carbocycles. The average molecular weight is 537 g/mol. The lowest BCUT2D eigenvalue weighted by Crippen LogP contribution is -2.17. The minimum Gasteiger partial charge on any atom is -0.493 e. The topological polar surface area (TPSA) is 115 Å². The van der Waals surface area contributed by atoms with Gasteiger partial charge in [-0.25, -0.2) is 4.79 Å². The molecular formula is C32H28N2O6. The molecule has 8 nitrogen and oxygen atoms in total. The maximum atomic E-state index is 11.7. The van der Waals surface area contributed by atoms with Gasteiger partial charge in [-0.1, -0.05) is 60.7 Å². The summed E-state index contributed by atoms with van der Waals surface area (Å²) in [5, 5.41) is 31.7. The molecule has 0 aliphatic carbocycles. The van der Waals surface area contributed by atoms with E-state index in [0.29, 0.717) is 18.6 Å². The van der Waals surface area contributed by atoms with E-state index in [0.717, 1.165) is 33.3 Å². The molecule has 0 amide bonds. The Morgan fingerprint density at radius 2 is 1.50 bits per heavy atom. The predicted octanol–water partition coefficient (Wildman–Crippen LogP) is 6.04. The van der Waals surface area contributed by atoms with Gasteiger partial charge in [0, 0.05) is 48.2 Å². The van der Waals surface area contributed by atoms with Crippen molar-refractivity contribution >= 4 is 22.6 Å². The van der Waals surface area contributed by atoms with Crippen LogP contribution >= 0.6 is 0 Å². The number of hydrogen-bond donors (Lipinski definition) is 2. The molecule has 0 fully saturated rings. The van der Waals surface area contributed by atoms with E-state index in [-0.39, 0.29) is 30.5 Å². The summed E-state index contributed by atoms with van der Waals surface area (Å²) in [5.74, 6) is -0.490. The quantitative estimate of drug-likeness (QED) is 0.157. The monoisotopic (exact) mass is 536 g/mol. The Morgan fingerprint density at radius 3 is 2.05 bits per heavy atom. The summed E-state index contributed by atoms with van der Waals surface area (Å²) in [5.41, 5.74) is 4.82. The van der Waals surface area contributed by atoms with Crippen molar-refractivity contribution in [1.29, 1.82) is 0 Å². The number of rotatable bonds is 11. The minimum absolute atomic E-state index is 0.0115. The number of carboxylic acid groups (broad SMARTS) is 1. The maximum Gasteiger partial charge on any atom is 0.335 e. The molecule has 8 heteroatoms. The Balaban J connectivity index is 1.63. The molecule has 0 atom stereocenters. The van der Waals surface area contributed by atoms with Gasteiger partial charge in [-0.15, -0.1) is 0 Å². The third-order valence-corrected chi connectivity index (χ3v) is 6.97. The van der Waals surface area contributed by atoms with Crippen molar-refractivity contribution < 1.29 is 24.7 Å². The minimum atomic E-state index is -1.01. The van der Waals surface area contributed by atoms with Gasteiger partial charge in [-0.05, 0) is 47.0 Å². The second-order valence-electron chi connectivity index (χ2n) is 9.38. The van der Waals surface area contributed by atoms with E-state index in [4.69, 9.17) is 9.84 Å². The van der Waals surface area contributed by atoms with E-state index in [1.165, 1.54) is 18.2 Å². The Hall–Kier alpha value is -4.95. The summed E-state index contributed by atoms with van der Waals surface area (Å²) in [6.07, 6.45) is 0.776. The molecule has 2 N–H and O–H groups in total. The molecule has 1 heterocycles. The van der Waals surface area contributed by atoms with E-state index in [1.807, 2.05) is 36.4 Å². The van der Waals surface area contributed by atoms with Crippen molar-refractivity contribution in [3.05, 3.63) is 141 Å². The molecule has 5 rings (SSSR count). The highest BCUT2D eigenvalue weighted by Crippen LogP contribution is 2.38. The maximum absolute atomic E-state index is 11.7. The number of aliphatic hydroxyl groups is 1. The molecule has 202 valence electrons. The predicted molar refractivity (Wildman–Crippen MR) is 152 cm³/mol. The number of hydrogen-bond acceptors (Lipinski definition) is 5. The molecule has 0 unspecified atom stereocenters. The first-order valence-electron chi connectivity index (χ1n) is 12.9. The number of aliphatic hydroxyl groups excluding tert-OH is 1. The lowest BCUT2D eigenvalue weighted by molar-refractivity contribution is -0.384. The third kappa shape index (κ3) is 5.43. The lowest BCUT2D eigenvalue weighted by Gasteiger charge is -2.24. The molecule has 0 bridgehead atoms. The van der Waals surface area contributed by atoms with Crippen molar-refractivity contribution in [3.63, 3.8) is 0 Å². The van der Waals surface area contributed by atoms with Crippen LogP contribution in [0.1, 0.15) is 38.8 Å². The molecule has 1 aromatic heterocycles. The molecule has 0 aliphatic heterocycles. The molecule has 0 radical (unpaired) electrons. The van der Waals surface area contributed by atoms with Crippen LogP contribution in [0.25, 0.3) is 10.9 Å². The Kier molecular flexibility index (Phi) is 7.89. The number of carbonyl (C=O) groups is 1. The summed E-state index contributed by atoms with van der Waals surface area (Å²) in [4.78, 5) is 22.5. The average Bonchev–Trinajstić information content (AvgIpc) is 3.27. The molecule has 0 aliphatic rings. The fourth-order valence-corrected chi connectivity index (χ4v) is 5.21. The zero-order chi connectivity index (χ0) is 28.1. The Labute approximate surface area is 230 Å². The summed E-state index contributed by atoms with van der Waals surface area (Å²) < 4.78 is 8.12. The van der Waals surface area contributed by atoms with Crippen molar-refractivity contribution in [2.24, 2.45) is 0 Å². The summed E-state index contributed by atoms with van der Waals surface area (Å²) in [6.45, 7) is 0.160. The number of non-ortho nitro benzene ring substituents is 1. The van der Waals surface area contributed by atoms with Gasteiger partial charge in [-0.2, -0.15) is 0 Å². The number of nitrogens with zero attached hydrogens (tertiary/aromatic N) is 2. The number of carboxylic acids is 1. The number of aromatic carboxylic acids is 1. The van der Waals surface area contributed by atoms with E-state index in [9.17, 15) is 20.0 Å². The SMILES string of the molecule is O=C(O)c1ccc(OCCc2c(CCO)n(C(c3ccccc3)c3ccccc3)c3ccc([N+](=O)[O-])cc23)cc1. The molecular weight excluding hydrogens is 508 g/mol. The van der Waals surface area contributed by atoms with Crippen molar-refractivity contribution in [1.82, 2.24) is 4.57 Å². The first-order valence-corrected chi connectivity index (χ1v) is 12.9. The molecule has 0 spiro atoms. The summed E-state index contributed by atoms with van der Waals surface area (Å²) in [7, 11) is 0. The highest BCUT2D eigenvalue weighted by atomic mass is 16.6. The summed E-state index contributed by atoms with van der Waals surface area (Å²) >= 11 is 0. The first kappa shape index (κ1) is 26.6. The molecule has 40 heavy (non-hydrogen) atoms. The van der Waals surface area contributed by atoms with Crippen molar-refractivity contribution in [2.45, 2.75) is 18.9 Å². The van der Waals surface area contributed by atoms with Gasteiger partial charge in [0.15, 0.2) is 0 Å². The van der Waals surface area contributed by atoms with Gasteiger partial charge in [0.05, 0.1) is 23.1 Å². The van der Waals surface area contributed by atoms with Crippen LogP contribution in [0.3, 0.4) is 0 Å². The number of aromatic nitrogens is 1. The largest absolute Gasteiger partial charge is 0.493 e. The van der Waals surface area contributed by atoms with Crippen molar-refractivity contribution in [3.8, 4) is 5.75 Å². The number of nitro benzene ring substituents is 1. The van der Waals surface area contributed by atoms with Crippen LogP contribution in [0.15, 0.2) is 103 Å². The van der Waals surface area contributed by atoms with Crippen LogP contribution in [0.5, 0.6) is 5.75 Å². The highest BCUT2D eigenvalue weighted by Gasteiger charge is 2.26. The van der Waals surface area contributed by atoms with E-state index in [2.05, 4.69) is 28.8 Å². The standard InChI is InChI=1S/C32H28N2O6/c35-19-17-30-27(18-20-40-26-14-11-24(12-15-26)32(36)37)28-21-25(34(38)39)13-16-29(28)33(30)31(22-7-3-1-4-8-22)23-9-5-2-6-10-23/h1-16,21,31,35H,17-20H2,(H,36,37). The molecule has 5 aromatic rings. The van der Waals surface area contributed by atoms with Gasteiger partial charge in [0.1, 0.15) is 5.75 Å². The van der Waals surface area contributed by atoms with Crippen molar-refractivity contribution in [2.75, 3.05) is 13.2 Å². The highest BCUT2D eigenvalue weighted by molar-refractivity contribution is 5.88. The van der Waals surface area contributed by atoms with E-state index in [1.54, 1.807) is 24.3 Å². The van der Waals surface area contributed by atoms with Crippen LogP contribution in [0.4, 0.5) is 5.69 Å². The van der Waals surface area contributed by atoms with Gasteiger partial charge in [0.25, 0.3) is 5.69 Å². The van der Waals surface area contributed by atoms with Gasteiger partial charge < -0.3 is 19.5 Å². The van der Waals surface area contributed by atoms with Gasteiger partial charge in [0.2, 0.25) is 0 Å². The number of fused-ring (bicyclic) bond motifs is 1.